The van der Waals surface area contributed by atoms with Crippen molar-refractivity contribution in [2.24, 2.45) is 16.5 Å². The molecular formula is C8H20N4. The van der Waals surface area contributed by atoms with Crippen molar-refractivity contribution in [3.8, 4) is 0 Å². The SMILES string of the molecule is CC(N)CCCN=C(N)N(C)C. The van der Waals surface area contributed by atoms with Crippen LogP contribution in [0.2, 0.25) is 0 Å². The zero-order chi connectivity index (χ0) is 9.56. The first-order chi connectivity index (χ1) is 5.54. The molecule has 0 aromatic heterocycles. The second-order valence-electron chi connectivity index (χ2n) is 3.25. The number of nitrogens with two attached hydrogens (primary N) is 2. The van der Waals surface area contributed by atoms with Crippen molar-refractivity contribution in [1.82, 2.24) is 4.90 Å². The van der Waals surface area contributed by atoms with Crippen LogP contribution in [0.1, 0.15) is 19.8 Å². The Morgan fingerprint density at radius 2 is 2.08 bits per heavy atom. The van der Waals surface area contributed by atoms with Gasteiger partial charge >= 0.3 is 0 Å². The summed E-state index contributed by atoms with van der Waals surface area (Å²) in [5.41, 5.74) is 11.2. The maximum atomic E-state index is 5.58. The van der Waals surface area contributed by atoms with Crippen molar-refractivity contribution in [3.63, 3.8) is 0 Å². The van der Waals surface area contributed by atoms with Crippen LogP contribution < -0.4 is 11.5 Å². The van der Waals surface area contributed by atoms with Crippen LogP contribution in [-0.2, 0) is 0 Å². The van der Waals surface area contributed by atoms with E-state index in [0.29, 0.717) is 5.96 Å². The third-order valence-corrected chi connectivity index (χ3v) is 1.55. The van der Waals surface area contributed by atoms with Crippen LogP contribution in [0.5, 0.6) is 0 Å². The fourth-order valence-corrected chi connectivity index (χ4v) is 0.748. The molecule has 0 bridgehead atoms. The van der Waals surface area contributed by atoms with Gasteiger partial charge in [-0.3, -0.25) is 4.99 Å². The number of hydrogen-bond acceptors (Lipinski definition) is 2. The molecule has 0 aromatic carbocycles. The summed E-state index contributed by atoms with van der Waals surface area (Å²) in [4.78, 5) is 5.96. The first-order valence-corrected chi connectivity index (χ1v) is 4.27. The van der Waals surface area contributed by atoms with E-state index in [1.165, 1.54) is 0 Å². The second kappa shape index (κ2) is 5.83. The molecule has 4 heteroatoms. The summed E-state index contributed by atoms with van der Waals surface area (Å²) in [7, 11) is 3.76. The molecule has 1 unspecified atom stereocenters. The van der Waals surface area contributed by atoms with E-state index in [1.807, 2.05) is 21.0 Å². The molecule has 0 rings (SSSR count). The molecule has 0 amide bonds. The van der Waals surface area contributed by atoms with Gasteiger partial charge in [-0.25, -0.2) is 0 Å². The van der Waals surface area contributed by atoms with Crippen LogP contribution in [-0.4, -0.2) is 37.5 Å². The highest BCUT2D eigenvalue weighted by Gasteiger charge is 1.94. The standard InChI is InChI=1S/C8H20N4/c1-7(9)5-4-6-11-8(10)12(2)3/h7H,4-6,9H2,1-3H3,(H2,10,11). The number of rotatable bonds is 4. The molecule has 1 atom stereocenters. The maximum absolute atomic E-state index is 5.58. The zero-order valence-electron chi connectivity index (χ0n) is 8.25. The van der Waals surface area contributed by atoms with Gasteiger partial charge in [-0.05, 0) is 19.8 Å². The third-order valence-electron chi connectivity index (χ3n) is 1.55. The maximum Gasteiger partial charge on any atom is 0.190 e. The van der Waals surface area contributed by atoms with Crippen molar-refractivity contribution in [3.05, 3.63) is 0 Å². The summed E-state index contributed by atoms with van der Waals surface area (Å²) in [6.07, 6.45) is 2.01. The minimum Gasteiger partial charge on any atom is -0.370 e. The number of hydrogen-bond donors (Lipinski definition) is 2. The molecule has 0 saturated heterocycles. The van der Waals surface area contributed by atoms with Gasteiger partial charge in [0.1, 0.15) is 0 Å². The van der Waals surface area contributed by atoms with Gasteiger partial charge in [0.15, 0.2) is 5.96 Å². The summed E-state index contributed by atoms with van der Waals surface area (Å²) in [5, 5.41) is 0. The lowest BCUT2D eigenvalue weighted by Gasteiger charge is -2.10. The molecule has 4 N–H and O–H groups in total. The fourth-order valence-electron chi connectivity index (χ4n) is 0.748. The molecule has 72 valence electrons. The molecule has 0 aliphatic carbocycles. The van der Waals surface area contributed by atoms with Gasteiger partial charge in [-0.2, -0.15) is 0 Å². The molecule has 0 saturated carbocycles. The Hall–Kier alpha value is -0.770. The summed E-state index contributed by atoms with van der Waals surface area (Å²) in [6.45, 7) is 2.77. The molecule has 0 aliphatic rings. The number of guanidine groups is 1. The Bertz CT molecular complexity index is 140. The molecule has 12 heavy (non-hydrogen) atoms. The van der Waals surface area contributed by atoms with Gasteiger partial charge < -0.3 is 16.4 Å². The summed E-state index contributed by atoms with van der Waals surface area (Å²) >= 11 is 0. The van der Waals surface area contributed by atoms with Gasteiger partial charge in [0.2, 0.25) is 0 Å². The predicted octanol–water partition coefficient (Wildman–Crippen LogP) is -0.00990. The van der Waals surface area contributed by atoms with Gasteiger partial charge in [0, 0.05) is 26.7 Å². The molecule has 0 heterocycles. The van der Waals surface area contributed by atoms with Crippen molar-refractivity contribution in [2.75, 3.05) is 20.6 Å². The van der Waals surface area contributed by atoms with Crippen LogP contribution in [0.4, 0.5) is 0 Å². The average Bonchev–Trinajstić information content (AvgIpc) is 1.97. The average molecular weight is 172 g/mol. The number of nitrogens with zero attached hydrogens (tertiary/aromatic N) is 2. The van der Waals surface area contributed by atoms with Crippen molar-refractivity contribution in [1.29, 1.82) is 0 Å². The van der Waals surface area contributed by atoms with E-state index in [1.54, 1.807) is 4.90 Å². The monoisotopic (exact) mass is 172 g/mol. The lowest BCUT2D eigenvalue weighted by atomic mass is 10.2. The topological polar surface area (TPSA) is 67.6 Å². The van der Waals surface area contributed by atoms with Crippen LogP contribution in [0.25, 0.3) is 0 Å². The lowest BCUT2D eigenvalue weighted by molar-refractivity contribution is 0.596. The first kappa shape index (κ1) is 11.2. The first-order valence-electron chi connectivity index (χ1n) is 4.27. The van der Waals surface area contributed by atoms with Crippen LogP contribution in [0, 0.1) is 0 Å². The highest BCUT2D eigenvalue weighted by atomic mass is 15.2. The van der Waals surface area contributed by atoms with E-state index in [2.05, 4.69) is 4.99 Å². The van der Waals surface area contributed by atoms with Crippen LogP contribution in [0.3, 0.4) is 0 Å². The highest BCUT2D eigenvalue weighted by Crippen LogP contribution is 1.93. The van der Waals surface area contributed by atoms with Crippen molar-refractivity contribution < 1.29 is 0 Å². The third kappa shape index (κ3) is 5.97. The predicted molar refractivity (Wildman–Crippen MR) is 53.1 cm³/mol. The Morgan fingerprint density at radius 3 is 2.50 bits per heavy atom. The van der Waals surface area contributed by atoms with E-state index in [9.17, 15) is 0 Å². The van der Waals surface area contributed by atoms with E-state index in [0.717, 1.165) is 19.4 Å². The zero-order valence-corrected chi connectivity index (χ0v) is 8.25. The summed E-state index contributed by atoms with van der Waals surface area (Å²) in [6, 6.07) is 0.265. The van der Waals surface area contributed by atoms with Gasteiger partial charge in [0.05, 0.1) is 0 Å². The quantitative estimate of drug-likeness (QED) is 0.356. The smallest absolute Gasteiger partial charge is 0.190 e. The van der Waals surface area contributed by atoms with Gasteiger partial charge in [-0.1, -0.05) is 0 Å². The van der Waals surface area contributed by atoms with E-state index >= 15 is 0 Å². The Labute approximate surface area is 74.6 Å². The normalized spacial score (nSPS) is 14.5. The molecule has 4 nitrogen and oxygen atoms in total. The van der Waals surface area contributed by atoms with Crippen molar-refractivity contribution >= 4 is 5.96 Å². The van der Waals surface area contributed by atoms with E-state index in [-0.39, 0.29) is 6.04 Å². The Kier molecular flexibility index (Phi) is 5.45. The molecule has 0 aliphatic heterocycles. The second-order valence-corrected chi connectivity index (χ2v) is 3.25. The summed E-state index contributed by atoms with van der Waals surface area (Å²) in [5.74, 6) is 0.583. The highest BCUT2D eigenvalue weighted by molar-refractivity contribution is 5.77. The van der Waals surface area contributed by atoms with E-state index in [4.69, 9.17) is 11.5 Å². The fraction of sp³-hybridized carbons (Fsp3) is 0.875. The molecule has 0 spiro atoms. The number of aliphatic imine (C=N–C) groups is 1. The minimum atomic E-state index is 0.265. The molecular weight excluding hydrogens is 152 g/mol. The Balaban J connectivity index is 3.47. The van der Waals surface area contributed by atoms with E-state index < -0.39 is 0 Å². The largest absolute Gasteiger partial charge is 0.370 e. The molecule has 0 aromatic rings. The van der Waals surface area contributed by atoms with Crippen molar-refractivity contribution in [2.45, 2.75) is 25.8 Å². The summed E-state index contributed by atoms with van der Waals surface area (Å²) < 4.78 is 0. The lowest BCUT2D eigenvalue weighted by Crippen LogP contribution is -2.30. The van der Waals surface area contributed by atoms with Crippen LogP contribution in [0.15, 0.2) is 4.99 Å². The minimum absolute atomic E-state index is 0.265. The van der Waals surface area contributed by atoms with Gasteiger partial charge in [-0.15, -0.1) is 0 Å². The van der Waals surface area contributed by atoms with Gasteiger partial charge in [0.25, 0.3) is 0 Å². The van der Waals surface area contributed by atoms with Crippen LogP contribution >= 0.6 is 0 Å². The molecule has 0 fully saturated rings. The molecule has 0 radical (unpaired) electrons. The Morgan fingerprint density at radius 1 is 1.50 bits per heavy atom.